The highest BCUT2D eigenvalue weighted by Gasteiger charge is 2.18. The molecule has 0 heterocycles. The lowest BCUT2D eigenvalue weighted by Crippen LogP contribution is -2.44. The molecule has 1 amide bonds. The molecular formula is C24H37N3O7. The van der Waals surface area contributed by atoms with Crippen LogP contribution >= 0.6 is 0 Å². The van der Waals surface area contributed by atoms with Crippen LogP contribution in [0.3, 0.4) is 0 Å². The number of carboxylic acid groups (broad SMARTS) is 3. The second kappa shape index (κ2) is 16.6. The summed E-state index contributed by atoms with van der Waals surface area (Å²) in [6, 6.07) is 7.55. The van der Waals surface area contributed by atoms with Crippen molar-refractivity contribution < 1.29 is 34.5 Å². The molecule has 190 valence electrons. The molecule has 0 aliphatic rings. The fourth-order valence-electron chi connectivity index (χ4n) is 3.55. The van der Waals surface area contributed by atoms with Crippen LogP contribution in [0.4, 0.5) is 5.69 Å². The van der Waals surface area contributed by atoms with Crippen LogP contribution in [0.2, 0.25) is 0 Å². The van der Waals surface area contributed by atoms with E-state index >= 15 is 0 Å². The van der Waals surface area contributed by atoms with Crippen LogP contribution < -0.4 is 5.32 Å². The minimum Gasteiger partial charge on any atom is -0.480 e. The van der Waals surface area contributed by atoms with Gasteiger partial charge in [-0.25, -0.2) is 0 Å². The quantitative estimate of drug-likeness (QED) is 0.220. The maximum atomic E-state index is 12.4. The molecule has 10 heteroatoms. The number of anilines is 1. The van der Waals surface area contributed by atoms with Gasteiger partial charge >= 0.3 is 17.9 Å². The lowest BCUT2D eigenvalue weighted by atomic mass is 10.0. The van der Waals surface area contributed by atoms with E-state index in [0.717, 1.165) is 12.8 Å². The molecule has 1 rings (SSSR count). The summed E-state index contributed by atoms with van der Waals surface area (Å²) in [5, 5.41) is 29.7. The molecule has 0 bridgehead atoms. The molecule has 0 saturated carbocycles. The number of amides is 1. The van der Waals surface area contributed by atoms with Gasteiger partial charge in [0.2, 0.25) is 5.91 Å². The Labute approximate surface area is 200 Å². The number of carbonyl (C=O) groups is 4. The Kier molecular flexibility index (Phi) is 14.2. The topological polar surface area (TPSA) is 147 Å². The fraction of sp³-hybridized carbons (Fsp3) is 0.583. The van der Waals surface area contributed by atoms with Crippen molar-refractivity contribution in [2.24, 2.45) is 0 Å². The number of unbranched alkanes of at least 4 members (excludes halogenated alkanes) is 5. The Balaban J connectivity index is 2.54. The van der Waals surface area contributed by atoms with Gasteiger partial charge in [0, 0.05) is 18.8 Å². The molecule has 1 aromatic rings. The van der Waals surface area contributed by atoms with Crippen LogP contribution in [0.5, 0.6) is 0 Å². The first-order valence-electron chi connectivity index (χ1n) is 11.7. The monoisotopic (exact) mass is 479 g/mol. The molecule has 4 N–H and O–H groups in total. The van der Waals surface area contributed by atoms with Gasteiger partial charge in [0.25, 0.3) is 0 Å². The summed E-state index contributed by atoms with van der Waals surface area (Å²) in [5.74, 6) is -3.93. The summed E-state index contributed by atoms with van der Waals surface area (Å²) >= 11 is 0. The molecule has 0 aromatic heterocycles. The first-order valence-corrected chi connectivity index (χ1v) is 11.7. The Hall–Kier alpha value is -2.98. The number of hydrogen-bond acceptors (Lipinski definition) is 6. The molecule has 10 nitrogen and oxygen atoms in total. The summed E-state index contributed by atoms with van der Waals surface area (Å²) in [6.07, 6.45) is 8.34. The predicted octanol–water partition coefficient (Wildman–Crippen LogP) is 2.39. The van der Waals surface area contributed by atoms with Gasteiger partial charge in [0.1, 0.15) is 0 Å². The lowest BCUT2D eigenvalue weighted by Gasteiger charge is -2.24. The zero-order valence-corrected chi connectivity index (χ0v) is 19.9. The maximum absolute atomic E-state index is 12.4. The van der Waals surface area contributed by atoms with Gasteiger partial charge in [-0.05, 0) is 30.5 Å². The summed E-state index contributed by atoms with van der Waals surface area (Å²) in [5.41, 5.74) is 1.79. The number of benzene rings is 1. The van der Waals surface area contributed by atoms with Crippen LogP contribution in [0.1, 0.15) is 51.0 Å². The number of nitrogens with one attached hydrogen (secondary N) is 1. The number of rotatable bonds is 19. The van der Waals surface area contributed by atoms with Crippen molar-refractivity contribution in [2.45, 2.75) is 51.9 Å². The van der Waals surface area contributed by atoms with Gasteiger partial charge in [-0.15, -0.1) is 0 Å². The van der Waals surface area contributed by atoms with Crippen LogP contribution in [0.25, 0.3) is 0 Å². The third-order valence-electron chi connectivity index (χ3n) is 5.23. The molecule has 0 radical (unpaired) electrons. The van der Waals surface area contributed by atoms with Crippen molar-refractivity contribution in [2.75, 3.05) is 44.6 Å². The number of aryl methyl sites for hydroxylation is 1. The van der Waals surface area contributed by atoms with E-state index in [1.54, 1.807) is 0 Å². The van der Waals surface area contributed by atoms with Crippen molar-refractivity contribution in [1.82, 2.24) is 9.80 Å². The summed E-state index contributed by atoms with van der Waals surface area (Å²) < 4.78 is 0. The molecule has 0 aliphatic carbocycles. The van der Waals surface area contributed by atoms with Crippen molar-refractivity contribution in [1.29, 1.82) is 0 Å². The van der Waals surface area contributed by atoms with E-state index in [0.29, 0.717) is 5.69 Å². The number of carbonyl (C=O) groups excluding carboxylic acids is 1. The van der Waals surface area contributed by atoms with Crippen LogP contribution in [-0.2, 0) is 25.6 Å². The number of aliphatic carboxylic acids is 3. The van der Waals surface area contributed by atoms with E-state index in [9.17, 15) is 19.2 Å². The van der Waals surface area contributed by atoms with Gasteiger partial charge in [-0.3, -0.25) is 29.0 Å². The molecule has 0 atom stereocenters. The van der Waals surface area contributed by atoms with E-state index in [-0.39, 0.29) is 19.6 Å². The molecule has 0 saturated heterocycles. The first kappa shape index (κ1) is 29.1. The average Bonchev–Trinajstić information content (AvgIpc) is 2.74. The SMILES string of the molecule is CCCCCCCCc1ccc(NC(=O)CN(CCN(CC(=O)O)CC(=O)O)CC(=O)O)cc1. The van der Waals surface area contributed by atoms with Crippen molar-refractivity contribution in [3.05, 3.63) is 29.8 Å². The molecule has 0 unspecified atom stereocenters. The highest BCUT2D eigenvalue weighted by atomic mass is 16.4. The zero-order valence-electron chi connectivity index (χ0n) is 19.9. The van der Waals surface area contributed by atoms with Crippen molar-refractivity contribution >= 4 is 29.5 Å². The molecule has 1 aromatic carbocycles. The van der Waals surface area contributed by atoms with Crippen molar-refractivity contribution in [3.8, 4) is 0 Å². The van der Waals surface area contributed by atoms with Gasteiger partial charge in [0.05, 0.1) is 26.2 Å². The Morgan fingerprint density at radius 2 is 1.18 bits per heavy atom. The maximum Gasteiger partial charge on any atom is 0.317 e. The zero-order chi connectivity index (χ0) is 25.3. The lowest BCUT2D eigenvalue weighted by molar-refractivity contribution is -0.143. The largest absolute Gasteiger partial charge is 0.480 e. The van der Waals surface area contributed by atoms with E-state index in [1.165, 1.54) is 47.5 Å². The normalized spacial score (nSPS) is 11.0. The van der Waals surface area contributed by atoms with E-state index in [1.807, 2.05) is 24.3 Å². The Bertz CT molecular complexity index is 767. The smallest absolute Gasteiger partial charge is 0.317 e. The molecule has 0 aliphatic heterocycles. The van der Waals surface area contributed by atoms with Crippen LogP contribution in [-0.4, -0.2) is 88.2 Å². The highest BCUT2D eigenvalue weighted by Crippen LogP contribution is 2.13. The van der Waals surface area contributed by atoms with Gasteiger partial charge in [0.15, 0.2) is 0 Å². The molecule has 0 fully saturated rings. The summed E-state index contributed by atoms with van der Waals surface area (Å²) in [6.45, 7) is 0.569. The minimum absolute atomic E-state index is 0.00764. The van der Waals surface area contributed by atoms with E-state index in [4.69, 9.17) is 15.3 Å². The second-order valence-corrected chi connectivity index (χ2v) is 8.37. The molecule has 0 spiro atoms. The second-order valence-electron chi connectivity index (χ2n) is 8.37. The average molecular weight is 480 g/mol. The fourth-order valence-corrected chi connectivity index (χ4v) is 3.55. The third-order valence-corrected chi connectivity index (χ3v) is 5.23. The first-order chi connectivity index (χ1) is 16.2. The standard InChI is InChI=1S/C24H37N3O7/c1-2-3-4-5-6-7-8-19-9-11-20(12-10-19)25-21(28)15-26(16-22(29)30)13-14-27(17-23(31)32)18-24(33)34/h9-12H,2-8,13-18H2,1H3,(H,25,28)(H,29,30)(H,31,32)(H,33,34). The molecular weight excluding hydrogens is 442 g/mol. The summed E-state index contributed by atoms with van der Waals surface area (Å²) in [7, 11) is 0. The van der Waals surface area contributed by atoms with Crippen LogP contribution in [0, 0.1) is 0 Å². The summed E-state index contributed by atoms with van der Waals surface area (Å²) in [4.78, 5) is 48.0. The molecule has 34 heavy (non-hydrogen) atoms. The third kappa shape index (κ3) is 14.2. The number of nitrogens with zero attached hydrogens (tertiary/aromatic N) is 2. The van der Waals surface area contributed by atoms with Crippen LogP contribution in [0.15, 0.2) is 24.3 Å². The highest BCUT2D eigenvalue weighted by molar-refractivity contribution is 5.92. The number of hydrogen-bond donors (Lipinski definition) is 4. The Morgan fingerprint density at radius 1 is 0.706 bits per heavy atom. The van der Waals surface area contributed by atoms with E-state index in [2.05, 4.69) is 12.2 Å². The number of carboxylic acids is 3. The van der Waals surface area contributed by atoms with E-state index < -0.39 is 43.4 Å². The van der Waals surface area contributed by atoms with Crippen molar-refractivity contribution in [3.63, 3.8) is 0 Å². The van der Waals surface area contributed by atoms with Gasteiger partial charge < -0.3 is 20.6 Å². The predicted molar refractivity (Wildman–Crippen MR) is 128 cm³/mol. The Morgan fingerprint density at radius 3 is 1.68 bits per heavy atom. The minimum atomic E-state index is -1.19. The van der Waals surface area contributed by atoms with Gasteiger partial charge in [-0.2, -0.15) is 0 Å². The van der Waals surface area contributed by atoms with Gasteiger partial charge in [-0.1, -0.05) is 51.2 Å².